The molecular formula is C15H16N6O4. The average molecular weight is 344 g/mol. The molecule has 25 heavy (non-hydrogen) atoms. The normalized spacial score (nSPS) is 10.1. The van der Waals surface area contributed by atoms with Gasteiger partial charge in [-0.05, 0) is 12.1 Å². The molecule has 0 bridgehead atoms. The molecule has 0 amide bonds. The van der Waals surface area contributed by atoms with Crippen molar-refractivity contribution in [1.29, 1.82) is 5.26 Å². The summed E-state index contributed by atoms with van der Waals surface area (Å²) < 4.78 is 2.07. The van der Waals surface area contributed by atoms with Gasteiger partial charge < -0.3 is 10.6 Å². The van der Waals surface area contributed by atoms with Crippen LogP contribution >= 0.6 is 0 Å². The van der Waals surface area contributed by atoms with Crippen LogP contribution in [-0.4, -0.2) is 27.1 Å². The summed E-state index contributed by atoms with van der Waals surface area (Å²) in [5, 5.41) is 25.7. The second-order valence-corrected chi connectivity index (χ2v) is 5.20. The van der Waals surface area contributed by atoms with E-state index in [1.807, 2.05) is 6.07 Å². The first kappa shape index (κ1) is 17.7. The van der Waals surface area contributed by atoms with Crippen LogP contribution in [0.2, 0.25) is 0 Å². The van der Waals surface area contributed by atoms with Gasteiger partial charge in [-0.3, -0.25) is 24.0 Å². The SMILES string of the molecule is Cn1c(NCCNc2ccc([N+](=O)[O-])cc2)c(C#N)c(=O)n(C)c1=O. The fourth-order valence-corrected chi connectivity index (χ4v) is 2.24. The molecule has 0 atom stereocenters. The maximum Gasteiger partial charge on any atom is 0.332 e. The summed E-state index contributed by atoms with van der Waals surface area (Å²) >= 11 is 0. The minimum atomic E-state index is -0.656. The first-order valence-corrected chi connectivity index (χ1v) is 7.29. The van der Waals surface area contributed by atoms with Crippen molar-refractivity contribution in [3.8, 4) is 6.07 Å². The molecule has 10 heteroatoms. The predicted molar refractivity (Wildman–Crippen MR) is 91.7 cm³/mol. The summed E-state index contributed by atoms with van der Waals surface area (Å²) in [6, 6.07) is 7.73. The smallest absolute Gasteiger partial charge is 0.332 e. The molecule has 10 nitrogen and oxygen atoms in total. The van der Waals surface area contributed by atoms with E-state index in [4.69, 9.17) is 5.26 Å². The zero-order chi connectivity index (χ0) is 18.6. The Morgan fingerprint density at radius 2 is 1.72 bits per heavy atom. The Morgan fingerprint density at radius 3 is 2.28 bits per heavy atom. The van der Waals surface area contributed by atoms with Gasteiger partial charge in [0.15, 0.2) is 5.56 Å². The summed E-state index contributed by atoms with van der Waals surface area (Å²) in [5.41, 5.74) is -0.644. The summed E-state index contributed by atoms with van der Waals surface area (Å²) in [5.74, 6) is 0.154. The van der Waals surface area contributed by atoms with Gasteiger partial charge in [0.1, 0.15) is 11.9 Å². The van der Waals surface area contributed by atoms with Gasteiger partial charge in [0.2, 0.25) is 0 Å². The molecule has 0 fully saturated rings. The van der Waals surface area contributed by atoms with Gasteiger partial charge in [0, 0.05) is 45.0 Å². The lowest BCUT2D eigenvalue weighted by atomic mass is 10.3. The van der Waals surface area contributed by atoms with E-state index in [0.29, 0.717) is 18.8 Å². The lowest BCUT2D eigenvalue weighted by Crippen LogP contribution is -2.40. The maximum atomic E-state index is 12.0. The number of rotatable bonds is 6. The molecule has 1 heterocycles. The number of hydrogen-bond acceptors (Lipinski definition) is 7. The van der Waals surface area contributed by atoms with Crippen LogP contribution in [0.1, 0.15) is 5.56 Å². The van der Waals surface area contributed by atoms with Crippen molar-refractivity contribution in [3.05, 3.63) is 60.8 Å². The standard InChI is InChI=1S/C15H16N6O4/c1-19-13(12(9-16)14(22)20(2)15(19)23)18-8-7-17-10-3-5-11(6-4-10)21(24)25/h3-6,17-18H,7-8H2,1-2H3. The van der Waals surface area contributed by atoms with Gasteiger partial charge in [-0.2, -0.15) is 5.26 Å². The Hall–Kier alpha value is -3.61. The van der Waals surface area contributed by atoms with Crippen LogP contribution in [0, 0.1) is 21.4 Å². The molecule has 0 unspecified atom stereocenters. The lowest BCUT2D eigenvalue weighted by Gasteiger charge is -2.14. The molecule has 0 saturated carbocycles. The number of aromatic nitrogens is 2. The highest BCUT2D eigenvalue weighted by molar-refractivity contribution is 5.52. The Kier molecular flexibility index (Phi) is 5.18. The van der Waals surface area contributed by atoms with Crippen molar-refractivity contribution < 1.29 is 4.92 Å². The van der Waals surface area contributed by atoms with Crippen molar-refractivity contribution in [1.82, 2.24) is 9.13 Å². The van der Waals surface area contributed by atoms with Crippen LogP contribution in [-0.2, 0) is 14.1 Å². The average Bonchev–Trinajstić information content (AvgIpc) is 2.61. The van der Waals surface area contributed by atoms with Crippen LogP contribution in [0.15, 0.2) is 33.9 Å². The van der Waals surface area contributed by atoms with Crippen molar-refractivity contribution >= 4 is 17.2 Å². The number of nitriles is 1. The first-order valence-electron chi connectivity index (χ1n) is 7.29. The van der Waals surface area contributed by atoms with Gasteiger partial charge in [-0.1, -0.05) is 0 Å². The first-order chi connectivity index (χ1) is 11.9. The molecule has 1 aromatic heterocycles. The van der Waals surface area contributed by atoms with E-state index in [1.54, 1.807) is 12.1 Å². The highest BCUT2D eigenvalue weighted by Gasteiger charge is 2.14. The van der Waals surface area contributed by atoms with Gasteiger partial charge in [0.25, 0.3) is 11.2 Å². The molecule has 0 spiro atoms. The fraction of sp³-hybridized carbons (Fsp3) is 0.267. The number of nitro benzene ring substituents is 1. The Morgan fingerprint density at radius 1 is 1.12 bits per heavy atom. The third-order valence-corrected chi connectivity index (χ3v) is 3.60. The largest absolute Gasteiger partial charge is 0.383 e. The second-order valence-electron chi connectivity index (χ2n) is 5.20. The third-order valence-electron chi connectivity index (χ3n) is 3.60. The Bertz CT molecular complexity index is 952. The molecule has 2 aromatic rings. The number of anilines is 2. The molecular weight excluding hydrogens is 328 g/mol. The maximum absolute atomic E-state index is 12.0. The van der Waals surface area contributed by atoms with Crippen molar-refractivity contribution in [3.63, 3.8) is 0 Å². The zero-order valence-corrected chi connectivity index (χ0v) is 13.6. The van der Waals surface area contributed by atoms with E-state index < -0.39 is 16.2 Å². The topological polar surface area (TPSA) is 135 Å². The minimum absolute atomic E-state index is 0.00234. The van der Waals surface area contributed by atoms with E-state index >= 15 is 0 Å². The molecule has 0 aliphatic rings. The van der Waals surface area contributed by atoms with Crippen LogP contribution in [0.4, 0.5) is 17.2 Å². The number of nitrogens with zero attached hydrogens (tertiary/aromatic N) is 4. The Balaban J connectivity index is 2.05. The zero-order valence-electron chi connectivity index (χ0n) is 13.6. The van der Waals surface area contributed by atoms with Gasteiger partial charge in [0.05, 0.1) is 4.92 Å². The molecule has 1 aromatic carbocycles. The molecule has 0 saturated heterocycles. The summed E-state index contributed by atoms with van der Waals surface area (Å²) in [7, 11) is 2.78. The monoisotopic (exact) mass is 344 g/mol. The Labute approximate surface area is 142 Å². The number of nitrogens with one attached hydrogen (secondary N) is 2. The molecule has 2 rings (SSSR count). The summed E-state index contributed by atoms with van der Waals surface area (Å²) in [6.45, 7) is 0.734. The summed E-state index contributed by atoms with van der Waals surface area (Å²) in [6.07, 6.45) is 0. The van der Waals surface area contributed by atoms with Crippen molar-refractivity contribution in [2.45, 2.75) is 0 Å². The number of benzene rings is 1. The van der Waals surface area contributed by atoms with Crippen LogP contribution in [0.3, 0.4) is 0 Å². The van der Waals surface area contributed by atoms with Gasteiger partial charge in [-0.25, -0.2) is 4.79 Å². The molecule has 130 valence electrons. The van der Waals surface area contributed by atoms with E-state index in [0.717, 1.165) is 4.57 Å². The van der Waals surface area contributed by atoms with Crippen LogP contribution in [0.25, 0.3) is 0 Å². The fourth-order valence-electron chi connectivity index (χ4n) is 2.24. The van der Waals surface area contributed by atoms with Crippen molar-refractivity contribution in [2.75, 3.05) is 23.7 Å². The van der Waals surface area contributed by atoms with Crippen molar-refractivity contribution in [2.24, 2.45) is 14.1 Å². The van der Waals surface area contributed by atoms with Crippen LogP contribution in [0.5, 0.6) is 0 Å². The number of nitro groups is 1. The lowest BCUT2D eigenvalue weighted by molar-refractivity contribution is -0.384. The van der Waals surface area contributed by atoms with Gasteiger partial charge in [-0.15, -0.1) is 0 Å². The highest BCUT2D eigenvalue weighted by atomic mass is 16.6. The summed E-state index contributed by atoms with van der Waals surface area (Å²) in [4.78, 5) is 34.0. The quantitative estimate of drug-likeness (QED) is 0.439. The van der Waals surface area contributed by atoms with E-state index in [2.05, 4.69) is 10.6 Å². The van der Waals surface area contributed by atoms with Crippen LogP contribution < -0.4 is 21.9 Å². The van der Waals surface area contributed by atoms with Gasteiger partial charge >= 0.3 is 5.69 Å². The van der Waals surface area contributed by atoms with E-state index in [9.17, 15) is 19.7 Å². The molecule has 0 aliphatic heterocycles. The predicted octanol–water partition coefficient (Wildman–Crippen LogP) is 0.388. The second kappa shape index (κ2) is 7.31. The highest BCUT2D eigenvalue weighted by Crippen LogP contribution is 2.15. The van der Waals surface area contributed by atoms with E-state index in [1.165, 1.54) is 30.8 Å². The van der Waals surface area contributed by atoms with E-state index in [-0.39, 0.29) is 17.1 Å². The number of non-ortho nitro benzene ring substituents is 1. The number of hydrogen-bond donors (Lipinski definition) is 2. The molecule has 0 aliphatic carbocycles. The molecule has 2 N–H and O–H groups in total. The third kappa shape index (κ3) is 3.66. The minimum Gasteiger partial charge on any atom is -0.383 e. The molecule has 0 radical (unpaired) electrons.